The Hall–Kier alpha value is -1.13. The summed E-state index contributed by atoms with van der Waals surface area (Å²) in [4.78, 5) is 1.39. The zero-order valence-electron chi connectivity index (χ0n) is 10.7. The van der Waals surface area contributed by atoms with Crippen LogP contribution in [0.1, 0.15) is 42.7 Å². The van der Waals surface area contributed by atoms with Gasteiger partial charge in [-0.1, -0.05) is 13.0 Å². The molecule has 2 rings (SSSR count). The number of thiophene rings is 1. The summed E-state index contributed by atoms with van der Waals surface area (Å²) in [5.41, 5.74) is 0.939. The molecule has 2 aromatic rings. The topological polar surface area (TPSA) is 38.0 Å². The third-order valence-corrected chi connectivity index (χ3v) is 3.91. The Morgan fingerprint density at radius 3 is 3.11 bits per heavy atom. The fourth-order valence-corrected chi connectivity index (χ4v) is 2.75. The van der Waals surface area contributed by atoms with Gasteiger partial charge in [-0.2, -0.15) is 5.10 Å². The van der Waals surface area contributed by atoms with E-state index in [0.717, 1.165) is 37.8 Å². The second-order valence-electron chi connectivity index (χ2n) is 4.52. The van der Waals surface area contributed by atoms with E-state index >= 15 is 0 Å². The van der Waals surface area contributed by atoms with Crippen molar-refractivity contribution in [2.75, 3.05) is 0 Å². The third-order valence-electron chi connectivity index (χ3n) is 2.97. The summed E-state index contributed by atoms with van der Waals surface area (Å²) in [5, 5.41) is 16.4. The first-order valence-corrected chi connectivity index (χ1v) is 7.40. The van der Waals surface area contributed by atoms with E-state index in [2.05, 4.69) is 29.5 Å². The molecule has 3 nitrogen and oxygen atoms in total. The predicted octanol–water partition coefficient (Wildman–Crippen LogP) is 3.41. The van der Waals surface area contributed by atoms with Crippen LogP contribution in [0.2, 0.25) is 0 Å². The molecule has 0 aliphatic carbocycles. The van der Waals surface area contributed by atoms with Gasteiger partial charge in [-0.15, -0.1) is 11.3 Å². The van der Waals surface area contributed by atoms with Gasteiger partial charge >= 0.3 is 0 Å². The molecule has 4 heteroatoms. The van der Waals surface area contributed by atoms with Gasteiger partial charge in [0.05, 0.1) is 12.3 Å². The first-order valence-electron chi connectivity index (χ1n) is 6.52. The molecule has 0 spiro atoms. The maximum Gasteiger partial charge on any atom is 0.0820 e. The first-order chi connectivity index (χ1) is 8.79. The Morgan fingerprint density at radius 2 is 2.39 bits per heavy atom. The van der Waals surface area contributed by atoms with Crippen molar-refractivity contribution in [3.63, 3.8) is 0 Å². The lowest BCUT2D eigenvalue weighted by Gasteiger charge is -2.07. The standard InChI is InChI=1S/C14H20N2OS/c1-2-8-16-11-12(10-15-16)14(17)7-3-5-13-6-4-9-18-13/h4,6,9-11,14,17H,2-3,5,7-8H2,1H3. The quantitative estimate of drug-likeness (QED) is 0.832. The van der Waals surface area contributed by atoms with Gasteiger partial charge < -0.3 is 5.11 Å². The van der Waals surface area contributed by atoms with Crippen LogP contribution in [0.3, 0.4) is 0 Å². The Morgan fingerprint density at radius 1 is 1.50 bits per heavy atom. The number of aliphatic hydroxyl groups excluding tert-OH is 1. The van der Waals surface area contributed by atoms with Crippen molar-refractivity contribution in [2.45, 2.75) is 45.3 Å². The van der Waals surface area contributed by atoms with Crippen LogP contribution in [-0.2, 0) is 13.0 Å². The van der Waals surface area contributed by atoms with E-state index < -0.39 is 0 Å². The lowest BCUT2D eigenvalue weighted by molar-refractivity contribution is 0.164. The lowest BCUT2D eigenvalue weighted by Crippen LogP contribution is -1.98. The molecule has 1 atom stereocenters. The molecule has 98 valence electrons. The number of hydrogen-bond acceptors (Lipinski definition) is 3. The summed E-state index contributed by atoms with van der Waals surface area (Å²) in [6.45, 7) is 3.04. The lowest BCUT2D eigenvalue weighted by atomic mass is 10.1. The molecule has 1 N–H and O–H groups in total. The van der Waals surface area contributed by atoms with Crippen molar-refractivity contribution >= 4 is 11.3 Å². The molecule has 0 saturated carbocycles. The van der Waals surface area contributed by atoms with Gasteiger partial charge in [-0.05, 0) is 37.1 Å². The van der Waals surface area contributed by atoms with E-state index in [1.807, 2.05) is 10.9 Å². The number of nitrogens with zero attached hydrogens (tertiary/aromatic N) is 2. The summed E-state index contributed by atoms with van der Waals surface area (Å²) in [7, 11) is 0. The van der Waals surface area contributed by atoms with E-state index in [4.69, 9.17) is 0 Å². The minimum Gasteiger partial charge on any atom is -0.388 e. The maximum atomic E-state index is 10.1. The monoisotopic (exact) mass is 264 g/mol. The molecule has 1 unspecified atom stereocenters. The number of aliphatic hydroxyl groups is 1. The van der Waals surface area contributed by atoms with E-state index in [0.29, 0.717) is 0 Å². The summed E-state index contributed by atoms with van der Waals surface area (Å²) in [6.07, 6.45) is 7.30. The fourth-order valence-electron chi connectivity index (χ4n) is 1.99. The van der Waals surface area contributed by atoms with Gasteiger partial charge in [-0.3, -0.25) is 4.68 Å². The van der Waals surface area contributed by atoms with Crippen LogP contribution in [0, 0.1) is 0 Å². The molecule has 2 aromatic heterocycles. The van der Waals surface area contributed by atoms with E-state index in [1.165, 1.54) is 4.88 Å². The van der Waals surface area contributed by atoms with Gasteiger partial charge in [-0.25, -0.2) is 0 Å². The van der Waals surface area contributed by atoms with Crippen molar-refractivity contribution < 1.29 is 5.11 Å². The van der Waals surface area contributed by atoms with Gasteiger partial charge in [0.15, 0.2) is 0 Å². The number of hydrogen-bond donors (Lipinski definition) is 1. The third kappa shape index (κ3) is 3.68. The largest absolute Gasteiger partial charge is 0.388 e. The minimum absolute atomic E-state index is 0.379. The van der Waals surface area contributed by atoms with E-state index in [9.17, 15) is 5.11 Å². The highest BCUT2D eigenvalue weighted by atomic mass is 32.1. The Bertz CT molecular complexity index is 450. The molecular formula is C14H20N2OS. The van der Waals surface area contributed by atoms with Crippen LogP contribution in [-0.4, -0.2) is 14.9 Å². The van der Waals surface area contributed by atoms with Crippen molar-refractivity contribution in [3.05, 3.63) is 40.3 Å². The highest BCUT2D eigenvalue weighted by Crippen LogP contribution is 2.20. The smallest absolute Gasteiger partial charge is 0.0820 e. The predicted molar refractivity (Wildman–Crippen MR) is 74.7 cm³/mol. The van der Waals surface area contributed by atoms with Gasteiger partial charge in [0, 0.05) is 23.2 Å². The molecule has 0 aromatic carbocycles. The van der Waals surface area contributed by atoms with Crippen molar-refractivity contribution in [1.82, 2.24) is 9.78 Å². The molecule has 0 bridgehead atoms. The molecule has 18 heavy (non-hydrogen) atoms. The van der Waals surface area contributed by atoms with Crippen molar-refractivity contribution in [1.29, 1.82) is 0 Å². The summed E-state index contributed by atoms with van der Waals surface area (Å²) >= 11 is 1.78. The van der Waals surface area contributed by atoms with E-state index in [1.54, 1.807) is 17.5 Å². The summed E-state index contributed by atoms with van der Waals surface area (Å²) < 4.78 is 1.90. The van der Waals surface area contributed by atoms with Crippen LogP contribution >= 0.6 is 11.3 Å². The molecule has 0 saturated heterocycles. The van der Waals surface area contributed by atoms with Crippen molar-refractivity contribution in [2.24, 2.45) is 0 Å². The number of aryl methyl sites for hydroxylation is 2. The van der Waals surface area contributed by atoms with Crippen LogP contribution in [0.25, 0.3) is 0 Å². The van der Waals surface area contributed by atoms with Crippen LogP contribution in [0.5, 0.6) is 0 Å². The molecule has 2 heterocycles. The number of rotatable bonds is 7. The van der Waals surface area contributed by atoms with Crippen LogP contribution in [0.15, 0.2) is 29.9 Å². The number of aromatic nitrogens is 2. The summed E-state index contributed by atoms with van der Waals surface area (Å²) in [6, 6.07) is 4.22. The Labute approximate surface area is 112 Å². The van der Waals surface area contributed by atoms with Gasteiger partial charge in [0.25, 0.3) is 0 Å². The highest BCUT2D eigenvalue weighted by molar-refractivity contribution is 7.09. The Kier molecular flexibility index (Phi) is 4.96. The van der Waals surface area contributed by atoms with Gasteiger partial charge in [0.2, 0.25) is 0 Å². The maximum absolute atomic E-state index is 10.1. The SMILES string of the molecule is CCCn1cc(C(O)CCCc2cccs2)cn1. The molecule has 0 amide bonds. The molecule has 0 fully saturated rings. The molecule has 0 aliphatic heterocycles. The highest BCUT2D eigenvalue weighted by Gasteiger charge is 2.09. The second kappa shape index (κ2) is 6.71. The molecular weight excluding hydrogens is 244 g/mol. The zero-order chi connectivity index (χ0) is 12.8. The average molecular weight is 264 g/mol. The second-order valence-corrected chi connectivity index (χ2v) is 5.56. The normalized spacial score (nSPS) is 12.8. The first kappa shape index (κ1) is 13.3. The molecule has 0 aliphatic rings. The molecule has 0 radical (unpaired) electrons. The Balaban J connectivity index is 1.78. The van der Waals surface area contributed by atoms with E-state index in [-0.39, 0.29) is 6.10 Å². The van der Waals surface area contributed by atoms with Gasteiger partial charge in [0.1, 0.15) is 0 Å². The zero-order valence-corrected chi connectivity index (χ0v) is 11.6. The minimum atomic E-state index is -0.379. The van der Waals surface area contributed by atoms with Crippen LogP contribution in [0.4, 0.5) is 0 Å². The van der Waals surface area contributed by atoms with Crippen molar-refractivity contribution in [3.8, 4) is 0 Å². The average Bonchev–Trinajstić information content (AvgIpc) is 3.00. The fraction of sp³-hybridized carbons (Fsp3) is 0.500. The summed E-state index contributed by atoms with van der Waals surface area (Å²) in [5.74, 6) is 0. The van der Waals surface area contributed by atoms with Crippen LogP contribution < -0.4 is 0 Å².